The van der Waals surface area contributed by atoms with E-state index in [1.165, 1.54) is 23.8 Å². The topological polar surface area (TPSA) is 90.1 Å². The number of benzene rings is 2. The zero-order valence-electron chi connectivity index (χ0n) is 15.5. The van der Waals surface area contributed by atoms with Crippen LogP contribution in [0.2, 0.25) is 5.02 Å². The molecule has 0 saturated heterocycles. The van der Waals surface area contributed by atoms with Crippen LogP contribution < -0.4 is 5.32 Å². The van der Waals surface area contributed by atoms with Crippen molar-refractivity contribution in [1.29, 1.82) is 0 Å². The number of hydrogen-bond acceptors (Lipinski definition) is 4. The van der Waals surface area contributed by atoms with Crippen molar-refractivity contribution in [2.75, 3.05) is 0 Å². The van der Waals surface area contributed by atoms with Crippen molar-refractivity contribution in [3.05, 3.63) is 92.2 Å². The first-order chi connectivity index (χ1) is 14.0. The number of carbonyl (C=O) groups is 1. The Bertz CT molecular complexity index is 1070. The van der Waals surface area contributed by atoms with Crippen molar-refractivity contribution < 1.29 is 9.72 Å². The van der Waals surface area contributed by atoms with Crippen LogP contribution in [0.1, 0.15) is 46.1 Å². The van der Waals surface area contributed by atoms with Gasteiger partial charge in [0.05, 0.1) is 34.3 Å². The zero-order valence-corrected chi connectivity index (χ0v) is 16.3. The smallest absolute Gasteiger partial charge is 0.270 e. The summed E-state index contributed by atoms with van der Waals surface area (Å²) in [6, 6.07) is 13.8. The first-order valence-electron chi connectivity index (χ1n) is 9.36. The van der Waals surface area contributed by atoms with E-state index < -0.39 is 4.92 Å². The van der Waals surface area contributed by atoms with Gasteiger partial charge in [0, 0.05) is 23.4 Å². The summed E-state index contributed by atoms with van der Waals surface area (Å²) < 4.78 is 1.99. The maximum atomic E-state index is 12.7. The molecule has 4 rings (SSSR count). The Morgan fingerprint density at radius 1 is 1.28 bits per heavy atom. The fourth-order valence-electron chi connectivity index (χ4n) is 3.70. The number of nitrogens with zero attached hydrogens (tertiary/aromatic N) is 3. The number of carbonyl (C=O) groups excluding carboxylic acids is 1. The lowest BCUT2D eigenvalue weighted by Crippen LogP contribution is -2.31. The molecule has 1 aliphatic rings. The van der Waals surface area contributed by atoms with E-state index in [0.717, 1.165) is 30.5 Å². The lowest BCUT2D eigenvalue weighted by molar-refractivity contribution is -0.384. The van der Waals surface area contributed by atoms with Crippen molar-refractivity contribution in [3.63, 3.8) is 0 Å². The predicted molar refractivity (Wildman–Crippen MR) is 109 cm³/mol. The van der Waals surface area contributed by atoms with E-state index in [4.69, 9.17) is 11.6 Å². The van der Waals surface area contributed by atoms with Crippen molar-refractivity contribution in [2.24, 2.45) is 0 Å². The lowest BCUT2D eigenvalue weighted by Gasteiger charge is -2.24. The van der Waals surface area contributed by atoms with Gasteiger partial charge in [-0.25, -0.2) is 0 Å². The highest BCUT2D eigenvalue weighted by Crippen LogP contribution is 2.31. The molecule has 29 heavy (non-hydrogen) atoms. The molecule has 1 aromatic heterocycles. The minimum Gasteiger partial charge on any atom is -0.345 e. The number of nitrogens with one attached hydrogen (secondary N) is 1. The summed E-state index contributed by atoms with van der Waals surface area (Å²) in [6.07, 6.45) is 4.47. The largest absolute Gasteiger partial charge is 0.345 e. The van der Waals surface area contributed by atoms with Crippen LogP contribution in [0.15, 0.2) is 54.7 Å². The quantitative estimate of drug-likeness (QED) is 0.501. The molecule has 0 spiro atoms. The van der Waals surface area contributed by atoms with Crippen LogP contribution in [0.4, 0.5) is 5.69 Å². The van der Waals surface area contributed by atoms with Crippen molar-refractivity contribution >= 4 is 23.2 Å². The molecule has 1 aliphatic carbocycles. The van der Waals surface area contributed by atoms with Gasteiger partial charge >= 0.3 is 0 Å². The summed E-state index contributed by atoms with van der Waals surface area (Å²) in [6.45, 7) is 0.686. The zero-order chi connectivity index (χ0) is 20.4. The van der Waals surface area contributed by atoms with Crippen LogP contribution in [-0.2, 0) is 13.0 Å². The molecule has 1 heterocycles. The van der Waals surface area contributed by atoms with E-state index in [2.05, 4.69) is 22.5 Å². The Kier molecular flexibility index (Phi) is 5.31. The minimum atomic E-state index is -0.540. The molecule has 2 aromatic carbocycles. The molecular weight excluding hydrogens is 392 g/mol. The molecule has 0 aliphatic heterocycles. The third-order valence-electron chi connectivity index (χ3n) is 5.15. The van der Waals surface area contributed by atoms with E-state index >= 15 is 0 Å². The number of hydrogen-bond donors (Lipinski definition) is 1. The van der Waals surface area contributed by atoms with E-state index in [0.29, 0.717) is 6.54 Å². The monoisotopic (exact) mass is 410 g/mol. The third kappa shape index (κ3) is 4.00. The van der Waals surface area contributed by atoms with Crippen molar-refractivity contribution in [3.8, 4) is 0 Å². The summed E-state index contributed by atoms with van der Waals surface area (Å²) in [5.41, 5.74) is 3.38. The maximum Gasteiger partial charge on any atom is 0.270 e. The summed E-state index contributed by atoms with van der Waals surface area (Å²) in [7, 11) is 0. The van der Waals surface area contributed by atoms with Crippen LogP contribution in [0.3, 0.4) is 0 Å². The molecule has 1 atom stereocenters. The Balaban J connectivity index is 1.53. The first-order valence-corrected chi connectivity index (χ1v) is 9.74. The standard InChI is InChI=1S/C21H19ClN4O3/c22-18-11-15(26(28)29)9-10-16(18)21(27)24-19-7-4-8-20-17(19)12-23-25(20)13-14-5-2-1-3-6-14/h1-3,5-6,9-12,19H,4,7-8,13H2,(H,24,27)/t19-/m0/s1. The molecule has 0 radical (unpaired) electrons. The number of nitro groups is 1. The van der Waals surface area contributed by atoms with Crippen LogP contribution in [-0.4, -0.2) is 20.6 Å². The Hall–Kier alpha value is -3.19. The molecule has 148 valence electrons. The first kappa shape index (κ1) is 19.1. The molecule has 0 bridgehead atoms. The average molecular weight is 411 g/mol. The number of non-ortho nitro benzene ring substituents is 1. The van der Waals surface area contributed by atoms with Crippen LogP contribution >= 0.6 is 11.6 Å². The van der Waals surface area contributed by atoms with Gasteiger partial charge < -0.3 is 5.32 Å². The van der Waals surface area contributed by atoms with Gasteiger partial charge in [-0.15, -0.1) is 0 Å². The number of amides is 1. The highest BCUT2D eigenvalue weighted by molar-refractivity contribution is 6.34. The molecule has 0 fully saturated rings. The van der Waals surface area contributed by atoms with Gasteiger partial charge in [-0.2, -0.15) is 5.10 Å². The molecule has 3 aromatic rings. The van der Waals surface area contributed by atoms with Crippen LogP contribution in [0.25, 0.3) is 0 Å². The van der Waals surface area contributed by atoms with Gasteiger partial charge in [-0.1, -0.05) is 41.9 Å². The summed E-state index contributed by atoms with van der Waals surface area (Å²) in [5, 5.41) is 18.5. The summed E-state index contributed by atoms with van der Waals surface area (Å²) >= 11 is 6.10. The predicted octanol–water partition coefficient (Wildman–Crippen LogP) is 4.30. The number of halogens is 1. The summed E-state index contributed by atoms with van der Waals surface area (Å²) in [4.78, 5) is 23.0. The fraction of sp³-hybridized carbons (Fsp3) is 0.238. The third-order valence-corrected chi connectivity index (χ3v) is 5.46. The Labute approximate surface area is 172 Å². The number of aromatic nitrogens is 2. The van der Waals surface area contributed by atoms with Crippen molar-refractivity contribution in [2.45, 2.75) is 31.8 Å². The van der Waals surface area contributed by atoms with Gasteiger partial charge in [0.15, 0.2) is 0 Å². The van der Waals surface area contributed by atoms with E-state index in [1.807, 2.05) is 29.1 Å². The fourth-order valence-corrected chi connectivity index (χ4v) is 3.96. The summed E-state index contributed by atoms with van der Waals surface area (Å²) in [5.74, 6) is -0.349. The average Bonchev–Trinajstić information content (AvgIpc) is 3.12. The normalized spacial score (nSPS) is 15.6. The lowest BCUT2D eigenvalue weighted by atomic mass is 9.92. The SMILES string of the molecule is O=C(N[C@H]1CCCc2c1cnn2Cc1ccccc1)c1ccc([N+](=O)[O-])cc1Cl. The van der Waals surface area contributed by atoms with Gasteiger partial charge in [0.1, 0.15) is 0 Å². The molecule has 7 nitrogen and oxygen atoms in total. The van der Waals surface area contributed by atoms with Crippen molar-refractivity contribution in [1.82, 2.24) is 15.1 Å². The molecular formula is C21H19ClN4O3. The number of fused-ring (bicyclic) bond motifs is 1. The van der Waals surface area contributed by atoms with Gasteiger partial charge in [0.25, 0.3) is 11.6 Å². The van der Waals surface area contributed by atoms with E-state index in [1.54, 1.807) is 0 Å². The highest BCUT2D eigenvalue weighted by Gasteiger charge is 2.27. The maximum absolute atomic E-state index is 12.7. The Morgan fingerprint density at radius 3 is 2.79 bits per heavy atom. The molecule has 0 unspecified atom stereocenters. The van der Waals surface area contributed by atoms with Gasteiger partial charge in [-0.3, -0.25) is 19.6 Å². The van der Waals surface area contributed by atoms with Crippen LogP contribution in [0.5, 0.6) is 0 Å². The Morgan fingerprint density at radius 2 is 2.07 bits per heavy atom. The minimum absolute atomic E-state index is 0.0625. The van der Waals surface area contributed by atoms with Gasteiger partial charge in [0.2, 0.25) is 0 Å². The molecule has 1 N–H and O–H groups in total. The highest BCUT2D eigenvalue weighted by atomic mass is 35.5. The second-order valence-electron chi connectivity index (χ2n) is 7.03. The molecule has 0 saturated carbocycles. The molecule has 8 heteroatoms. The van der Waals surface area contributed by atoms with Crippen LogP contribution in [0, 0.1) is 10.1 Å². The van der Waals surface area contributed by atoms with E-state index in [-0.39, 0.29) is 28.2 Å². The second-order valence-corrected chi connectivity index (χ2v) is 7.44. The number of nitro benzene ring substituents is 1. The number of rotatable bonds is 5. The second kappa shape index (κ2) is 8.05. The van der Waals surface area contributed by atoms with Gasteiger partial charge in [-0.05, 0) is 30.9 Å². The van der Waals surface area contributed by atoms with E-state index in [9.17, 15) is 14.9 Å². The molecule has 1 amide bonds.